The van der Waals surface area contributed by atoms with Gasteiger partial charge in [-0.15, -0.1) is 11.6 Å². The van der Waals surface area contributed by atoms with Gasteiger partial charge >= 0.3 is 24.6 Å². The van der Waals surface area contributed by atoms with Crippen molar-refractivity contribution in [2.45, 2.75) is 260 Å². The molecule has 8 aromatic rings. The van der Waals surface area contributed by atoms with Crippen LogP contribution in [0.4, 0.5) is 19.2 Å². The average Bonchev–Trinajstić information content (AvgIpc) is 1.60. The number of aromatic nitrogens is 8. The largest absolute Gasteiger partial charge is 0.511 e. The minimum atomic E-state index is -0.895. The first-order valence-electron chi connectivity index (χ1n) is 44.0. The smallest absolute Gasteiger partial charge is 0.454 e. The Hall–Kier alpha value is -12.8. The first-order valence-corrected chi connectivity index (χ1v) is 44.5. The van der Waals surface area contributed by atoms with Crippen molar-refractivity contribution in [1.29, 1.82) is 21.0 Å². The quantitative estimate of drug-likeness (QED) is 0.00889. The Balaban J connectivity index is 0.000000307. The second kappa shape index (κ2) is 52.0. The van der Waals surface area contributed by atoms with Crippen LogP contribution in [0.5, 0.6) is 0 Å². The summed E-state index contributed by atoms with van der Waals surface area (Å²) in [7, 11) is 0. The second-order valence-electron chi connectivity index (χ2n) is 35.3. The van der Waals surface area contributed by atoms with Crippen LogP contribution in [0.3, 0.4) is 0 Å². The Bertz CT molecular complexity index is 5300. The molecule has 0 N–H and O–H groups in total. The Kier molecular flexibility index (Phi) is 43.1. The molecule has 4 aromatic carbocycles. The number of allylic oxidation sites excluding steroid dienone is 4. The first-order chi connectivity index (χ1) is 61.5. The SMILES string of the molecule is CCC(C)COC(=O)OCO/C(=C(/C#N)c1ccc(C(C)(C)C)cc1)c1cc(C)nn1CC.CCCC(C)OC(=O)OCO/C(=C(/C#N)c1ccc(C(C)(C)C)cc1)c1cc(C)nn1CC.CCn1nc(C)cc1/C(OCOC(=O)OCCC(C)C)=C(\C#N)c1ccc(C(C)(C)C)cc1.CCn1nc(C)cc1/C(OCOC(=O)OCCCl)=C(\C#N)c1ccc(C(C)(C)C)cc1. The van der Waals surface area contributed by atoms with Gasteiger partial charge in [-0.05, 0) is 177 Å². The molecule has 2 atom stereocenters. The van der Waals surface area contributed by atoms with Gasteiger partial charge in [0.15, 0.2) is 23.0 Å². The van der Waals surface area contributed by atoms with Gasteiger partial charge in [0.2, 0.25) is 27.2 Å². The lowest BCUT2D eigenvalue weighted by Crippen LogP contribution is -2.17. The molecule has 0 aliphatic carbocycles. The van der Waals surface area contributed by atoms with Crippen molar-refractivity contribution < 1.29 is 76.0 Å². The van der Waals surface area contributed by atoms with Crippen molar-refractivity contribution in [3.05, 3.63) is 211 Å². The monoisotopic (exact) mass is 1800 g/mol. The standard InChI is InChI=1S/3C26H35N3O4.C23H28ClN3O4/c1-8-29-23(15-19(4)28-29)24(32-17-33-25(30)31-14-13-18(2)3)22(16-27)20-9-11-21(12-10-20)26(5,6)7;1-8-18(3)16-31-25(30)33-17-32-24(23-14-19(4)28-29(23)9-2)22(15-27)20-10-12-21(13-11-20)26(5,6)7;1-8-10-19(4)33-25(30)32-17-31-24(23-15-18(3)28-29(23)9-2)22(16-27)20-11-13-21(14-12-20)26(5,6)7;1-6-27-20(13-16(2)26-27)21(30-15-31-22(28)29-12-11-24)19(14-25)17-7-9-18(10-8-17)23(3,4)5/h9-12,15,18H,8,13-14,17H2,1-7H3;10-14,18H,8-9,16-17H2,1-7H3;11-15,19H,8-10,17H2,1-7H3;7-10,13H,6,11-12,15H2,1-5H3/b3*24-22-;21-19-. The van der Waals surface area contributed by atoms with Crippen LogP contribution >= 0.6 is 11.6 Å². The summed E-state index contributed by atoms with van der Waals surface area (Å²) >= 11 is 5.50. The summed E-state index contributed by atoms with van der Waals surface area (Å²) in [4.78, 5) is 47.4. The molecule has 0 aliphatic heterocycles. The molecule has 700 valence electrons. The fraction of sp³-hybridized carbons (Fsp3) is 0.485. The van der Waals surface area contributed by atoms with Gasteiger partial charge in [0, 0.05) is 26.2 Å². The molecule has 4 aromatic heterocycles. The van der Waals surface area contributed by atoms with Crippen molar-refractivity contribution in [3.8, 4) is 24.3 Å². The molecular formula is C101H133ClN12O16. The number of benzene rings is 4. The van der Waals surface area contributed by atoms with E-state index in [4.69, 9.17) is 68.4 Å². The van der Waals surface area contributed by atoms with Gasteiger partial charge in [-0.25, -0.2) is 19.2 Å². The number of ether oxygens (including phenoxy) is 12. The fourth-order valence-electron chi connectivity index (χ4n) is 12.7. The number of aryl methyl sites for hydroxylation is 8. The zero-order valence-electron chi connectivity index (χ0n) is 80.9. The number of halogens is 1. The van der Waals surface area contributed by atoms with Crippen LogP contribution in [0, 0.1) is 84.9 Å². The van der Waals surface area contributed by atoms with Crippen LogP contribution < -0.4 is 0 Å². The molecule has 0 saturated carbocycles. The van der Waals surface area contributed by atoms with Gasteiger partial charge in [-0.3, -0.25) is 18.7 Å². The van der Waals surface area contributed by atoms with Gasteiger partial charge in [-0.1, -0.05) is 228 Å². The van der Waals surface area contributed by atoms with E-state index in [0.29, 0.717) is 117 Å². The lowest BCUT2D eigenvalue weighted by atomic mass is 9.86. The zero-order valence-corrected chi connectivity index (χ0v) is 81.6. The molecule has 28 nitrogen and oxygen atoms in total. The highest BCUT2D eigenvalue weighted by Crippen LogP contribution is 2.37. The van der Waals surface area contributed by atoms with Gasteiger partial charge in [0.05, 0.1) is 41.9 Å². The lowest BCUT2D eigenvalue weighted by molar-refractivity contribution is -0.0217. The van der Waals surface area contributed by atoms with Crippen LogP contribution in [0.2, 0.25) is 0 Å². The van der Waals surface area contributed by atoms with Crippen LogP contribution in [0.15, 0.2) is 121 Å². The summed E-state index contributed by atoms with van der Waals surface area (Å²) < 4.78 is 70.8. The molecule has 130 heavy (non-hydrogen) atoms. The van der Waals surface area contributed by atoms with Gasteiger partial charge < -0.3 is 56.8 Å². The second-order valence-corrected chi connectivity index (χ2v) is 35.6. The van der Waals surface area contributed by atoms with Crippen molar-refractivity contribution in [3.63, 3.8) is 0 Å². The Morgan fingerprint density at radius 2 is 0.615 bits per heavy atom. The highest BCUT2D eigenvalue weighted by atomic mass is 35.5. The molecule has 0 amide bonds. The minimum absolute atomic E-state index is 0.00388. The predicted molar refractivity (Wildman–Crippen MR) is 504 cm³/mol. The first kappa shape index (κ1) is 108. The third kappa shape index (κ3) is 33.7. The maximum Gasteiger partial charge on any atom is 0.511 e. The van der Waals surface area contributed by atoms with E-state index >= 15 is 0 Å². The van der Waals surface area contributed by atoms with Crippen LogP contribution in [-0.4, -0.2) is 123 Å². The van der Waals surface area contributed by atoms with Crippen molar-refractivity contribution in [2.75, 3.05) is 52.9 Å². The van der Waals surface area contributed by atoms with Gasteiger partial charge in [-0.2, -0.15) is 41.4 Å². The molecule has 8 rings (SSSR count). The van der Waals surface area contributed by atoms with Crippen LogP contribution in [0.25, 0.3) is 45.3 Å². The topological polar surface area (TPSA) is 345 Å². The van der Waals surface area contributed by atoms with E-state index < -0.39 is 31.4 Å². The number of hydrogen-bond acceptors (Lipinski definition) is 24. The number of carbonyl (C=O) groups excluding carboxylic acids is 4. The Labute approximate surface area is 773 Å². The van der Waals surface area contributed by atoms with Gasteiger partial charge in [0.25, 0.3) is 0 Å². The number of carbonyl (C=O) groups is 4. The Morgan fingerprint density at radius 1 is 0.362 bits per heavy atom. The zero-order chi connectivity index (χ0) is 96.8. The van der Waals surface area contributed by atoms with E-state index in [9.17, 15) is 40.2 Å². The third-order valence-electron chi connectivity index (χ3n) is 20.2. The van der Waals surface area contributed by atoms with Crippen molar-refractivity contribution in [2.24, 2.45) is 11.8 Å². The molecule has 0 bridgehead atoms. The fourth-order valence-corrected chi connectivity index (χ4v) is 12.7. The van der Waals surface area contributed by atoms with Gasteiger partial charge in [0.1, 0.15) is 82.1 Å². The van der Waals surface area contributed by atoms with Crippen molar-refractivity contribution in [1.82, 2.24) is 39.1 Å². The third-order valence-corrected chi connectivity index (χ3v) is 20.3. The highest BCUT2D eigenvalue weighted by molar-refractivity contribution is 6.18. The maximum atomic E-state index is 12.0. The summed E-state index contributed by atoms with van der Waals surface area (Å²) in [6.45, 7) is 54.2. The van der Waals surface area contributed by atoms with E-state index in [-0.39, 0.29) is 85.5 Å². The summed E-state index contributed by atoms with van der Waals surface area (Å²) in [5, 5.41) is 57.9. The summed E-state index contributed by atoms with van der Waals surface area (Å²) in [5.41, 5.74) is 14.4. The molecule has 29 heteroatoms. The molecule has 0 radical (unpaired) electrons. The van der Waals surface area contributed by atoms with E-state index in [1.165, 1.54) is 0 Å². The molecule has 2 unspecified atom stereocenters. The van der Waals surface area contributed by atoms with E-state index in [2.05, 4.69) is 128 Å². The van der Waals surface area contributed by atoms with E-state index in [1.54, 1.807) is 18.7 Å². The molecule has 0 fully saturated rings. The summed E-state index contributed by atoms with van der Waals surface area (Å²) in [5.74, 6) is 2.02. The molecular weight excluding hydrogens is 1670 g/mol. The molecule has 0 spiro atoms. The Morgan fingerprint density at radius 3 is 0.838 bits per heavy atom. The molecule has 0 saturated heterocycles. The van der Waals surface area contributed by atoms with E-state index in [1.807, 2.05) is 218 Å². The minimum Gasteiger partial charge on any atom is -0.454 e. The number of rotatable bonds is 35. The average molecular weight is 1810 g/mol. The number of alkyl halides is 1. The van der Waals surface area contributed by atoms with Crippen molar-refractivity contribution >= 4 is 81.6 Å². The highest BCUT2D eigenvalue weighted by Gasteiger charge is 2.28. The maximum absolute atomic E-state index is 12.0. The van der Waals surface area contributed by atoms with E-state index in [0.717, 1.165) is 70.7 Å². The number of hydrogen-bond donors (Lipinski definition) is 0. The molecule has 0 aliphatic rings. The summed E-state index contributed by atoms with van der Waals surface area (Å²) in [6.07, 6.45) is -0.243. The normalized spacial score (nSPS) is 12.6. The molecule has 4 heterocycles. The lowest BCUT2D eigenvalue weighted by Gasteiger charge is -2.19. The summed E-state index contributed by atoms with van der Waals surface area (Å²) in [6, 6.07) is 47.6. The number of nitriles is 4. The van der Waals surface area contributed by atoms with Crippen LogP contribution in [0.1, 0.15) is 268 Å². The predicted octanol–water partition coefficient (Wildman–Crippen LogP) is 23.6. The van der Waals surface area contributed by atoms with Crippen LogP contribution in [-0.2, 0) is 105 Å². The number of nitrogens with zero attached hydrogens (tertiary/aromatic N) is 12.